The molecular weight excluding hydrogens is 328 g/mol. The van der Waals surface area contributed by atoms with Crippen LogP contribution >= 0.6 is 15.9 Å². The molecule has 104 valence electrons. The van der Waals surface area contributed by atoms with Crippen molar-refractivity contribution in [3.63, 3.8) is 0 Å². The standard InChI is InChI=1S/C12H11BrN4O3/c13-8-5-7(14)1-2-9(8)15-11(19)6-17-12(20)4-3-10(18)16-17/h1-5H,6,14H2,(H,15,19)(H,16,18). The highest BCUT2D eigenvalue weighted by molar-refractivity contribution is 9.10. The van der Waals surface area contributed by atoms with Gasteiger partial charge in [0.25, 0.3) is 11.1 Å². The van der Waals surface area contributed by atoms with Gasteiger partial charge in [0.15, 0.2) is 0 Å². The average molecular weight is 339 g/mol. The lowest BCUT2D eigenvalue weighted by Gasteiger charge is -2.09. The molecule has 0 atom stereocenters. The molecule has 0 radical (unpaired) electrons. The normalized spacial score (nSPS) is 10.2. The van der Waals surface area contributed by atoms with Crippen LogP contribution in [0.4, 0.5) is 11.4 Å². The zero-order chi connectivity index (χ0) is 14.7. The number of amides is 1. The fraction of sp³-hybridized carbons (Fsp3) is 0.0833. The molecule has 0 fully saturated rings. The van der Waals surface area contributed by atoms with Crippen molar-refractivity contribution in [3.05, 3.63) is 55.5 Å². The van der Waals surface area contributed by atoms with Gasteiger partial charge in [-0.2, -0.15) is 0 Å². The van der Waals surface area contributed by atoms with Gasteiger partial charge in [0.05, 0.1) is 5.69 Å². The van der Waals surface area contributed by atoms with Gasteiger partial charge in [0.1, 0.15) is 6.54 Å². The molecule has 1 aromatic carbocycles. The van der Waals surface area contributed by atoms with Crippen molar-refractivity contribution in [2.75, 3.05) is 11.1 Å². The highest BCUT2D eigenvalue weighted by atomic mass is 79.9. The SMILES string of the molecule is Nc1ccc(NC(=O)Cn2[nH]c(=O)ccc2=O)c(Br)c1. The number of halogens is 1. The van der Waals surface area contributed by atoms with Crippen molar-refractivity contribution in [1.29, 1.82) is 0 Å². The fourth-order valence-corrected chi connectivity index (χ4v) is 2.04. The van der Waals surface area contributed by atoms with Gasteiger partial charge in [-0.1, -0.05) is 0 Å². The maximum Gasteiger partial charge on any atom is 0.265 e. The van der Waals surface area contributed by atoms with E-state index in [1.54, 1.807) is 18.2 Å². The summed E-state index contributed by atoms with van der Waals surface area (Å²) < 4.78 is 1.56. The summed E-state index contributed by atoms with van der Waals surface area (Å²) in [6.45, 7) is -0.286. The predicted octanol–water partition coefficient (Wildman–Crippen LogP) is 0.520. The minimum Gasteiger partial charge on any atom is -0.399 e. The molecule has 0 aliphatic carbocycles. The Morgan fingerprint density at radius 2 is 2.05 bits per heavy atom. The van der Waals surface area contributed by atoms with Gasteiger partial charge in [0, 0.05) is 22.3 Å². The lowest BCUT2D eigenvalue weighted by Crippen LogP contribution is -2.32. The molecule has 0 saturated carbocycles. The fourth-order valence-electron chi connectivity index (χ4n) is 1.55. The lowest BCUT2D eigenvalue weighted by atomic mass is 10.3. The molecule has 1 aromatic heterocycles. The first-order valence-electron chi connectivity index (χ1n) is 5.61. The number of nitrogens with zero attached hydrogens (tertiary/aromatic N) is 1. The van der Waals surface area contributed by atoms with Crippen LogP contribution in [0.15, 0.2) is 44.4 Å². The molecule has 2 rings (SSSR count). The maximum absolute atomic E-state index is 11.8. The Bertz CT molecular complexity index is 766. The van der Waals surface area contributed by atoms with Crippen molar-refractivity contribution < 1.29 is 4.79 Å². The molecule has 0 bridgehead atoms. The van der Waals surface area contributed by atoms with Crippen LogP contribution in [0.5, 0.6) is 0 Å². The third-order valence-electron chi connectivity index (χ3n) is 2.46. The van der Waals surface area contributed by atoms with Crippen LogP contribution in [0.2, 0.25) is 0 Å². The zero-order valence-corrected chi connectivity index (χ0v) is 11.8. The van der Waals surface area contributed by atoms with Gasteiger partial charge >= 0.3 is 0 Å². The number of carbonyl (C=O) groups is 1. The summed E-state index contributed by atoms with van der Waals surface area (Å²) in [6, 6.07) is 7.12. The van der Waals surface area contributed by atoms with Crippen LogP contribution in [-0.2, 0) is 11.3 Å². The van der Waals surface area contributed by atoms with Gasteiger partial charge in [-0.15, -0.1) is 0 Å². The third kappa shape index (κ3) is 3.35. The van der Waals surface area contributed by atoms with E-state index >= 15 is 0 Å². The molecule has 0 spiro atoms. The molecular formula is C12H11BrN4O3. The number of nitrogens with one attached hydrogen (secondary N) is 2. The minimum atomic E-state index is -0.462. The van der Waals surface area contributed by atoms with E-state index in [2.05, 4.69) is 26.3 Å². The second-order valence-electron chi connectivity index (χ2n) is 4.02. The molecule has 1 heterocycles. The second-order valence-corrected chi connectivity index (χ2v) is 4.88. The van der Waals surface area contributed by atoms with E-state index in [1.165, 1.54) is 0 Å². The number of hydrogen-bond acceptors (Lipinski definition) is 4. The summed E-state index contributed by atoms with van der Waals surface area (Å²) in [5, 5.41) is 4.88. The Hall–Kier alpha value is -2.35. The van der Waals surface area contributed by atoms with Crippen LogP contribution in [-0.4, -0.2) is 15.7 Å². The Kier molecular flexibility index (Phi) is 4.04. The molecule has 0 saturated heterocycles. The van der Waals surface area contributed by atoms with Gasteiger partial charge in [0.2, 0.25) is 5.91 Å². The van der Waals surface area contributed by atoms with Crippen LogP contribution in [0, 0.1) is 0 Å². The number of anilines is 2. The van der Waals surface area contributed by atoms with Gasteiger partial charge in [-0.05, 0) is 34.1 Å². The van der Waals surface area contributed by atoms with E-state index in [9.17, 15) is 14.4 Å². The van der Waals surface area contributed by atoms with E-state index in [-0.39, 0.29) is 6.54 Å². The number of aromatic nitrogens is 2. The van der Waals surface area contributed by atoms with Crippen molar-refractivity contribution in [2.45, 2.75) is 6.54 Å². The summed E-state index contributed by atoms with van der Waals surface area (Å²) in [5.41, 5.74) is 5.75. The smallest absolute Gasteiger partial charge is 0.265 e. The molecule has 7 nitrogen and oxygen atoms in total. The highest BCUT2D eigenvalue weighted by Gasteiger charge is 2.08. The van der Waals surface area contributed by atoms with Gasteiger partial charge in [-0.3, -0.25) is 19.5 Å². The number of H-pyrrole nitrogens is 1. The summed E-state index contributed by atoms with van der Waals surface area (Å²) in [7, 11) is 0. The van der Waals surface area contributed by atoms with Crippen LogP contribution in [0.25, 0.3) is 0 Å². The molecule has 4 N–H and O–H groups in total. The quantitative estimate of drug-likeness (QED) is 0.708. The summed E-state index contributed by atoms with van der Waals surface area (Å²) in [6.07, 6.45) is 0. The van der Waals surface area contributed by atoms with Crippen molar-refractivity contribution in [1.82, 2.24) is 9.78 Å². The van der Waals surface area contributed by atoms with E-state index in [4.69, 9.17) is 5.73 Å². The number of aromatic amines is 1. The van der Waals surface area contributed by atoms with Gasteiger partial charge < -0.3 is 11.1 Å². The molecule has 20 heavy (non-hydrogen) atoms. The molecule has 0 aliphatic heterocycles. The summed E-state index contributed by atoms with van der Waals surface area (Å²) >= 11 is 3.27. The number of rotatable bonds is 3. The molecule has 8 heteroatoms. The predicted molar refractivity (Wildman–Crippen MR) is 78.5 cm³/mol. The molecule has 0 aliphatic rings. The molecule has 2 aromatic rings. The number of benzene rings is 1. The Morgan fingerprint density at radius 1 is 1.30 bits per heavy atom. The topological polar surface area (TPSA) is 110 Å². The van der Waals surface area contributed by atoms with E-state index in [1.807, 2.05) is 0 Å². The molecule has 0 unspecified atom stereocenters. The number of hydrogen-bond donors (Lipinski definition) is 3. The van der Waals surface area contributed by atoms with Gasteiger partial charge in [-0.25, -0.2) is 4.68 Å². The number of carbonyl (C=O) groups excluding carboxylic acids is 1. The zero-order valence-electron chi connectivity index (χ0n) is 10.2. The minimum absolute atomic E-state index is 0.286. The Balaban J connectivity index is 2.15. The highest BCUT2D eigenvalue weighted by Crippen LogP contribution is 2.24. The van der Waals surface area contributed by atoms with Crippen LogP contribution in [0.1, 0.15) is 0 Å². The van der Waals surface area contributed by atoms with Crippen LogP contribution in [0.3, 0.4) is 0 Å². The van der Waals surface area contributed by atoms with Crippen molar-refractivity contribution in [2.24, 2.45) is 0 Å². The summed E-state index contributed by atoms with van der Waals surface area (Å²) in [5.74, 6) is -0.445. The van der Waals surface area contributed by atoms with E-state index in [0.717, 1.165) is 16.8 Å². The average Bonchev–Trinajstić information content (AvgIpc) is 2.37. The van der Waals surface area contributed by atoms with Crippen molar-refractivity contribution >= 4 is 33.2 Å². The number of nitrogen functional groups attached to an aromatic ring is 1. The first kappa shape index (κ1) is 14.1. The monoisotopic (exact) mass is 338 g/mol. The Morgan fingerprint density at radius 3 is 2.75 bits per heavy atom. The van der Waals surface area contributed by atoms with Crippen LogP contribution < -0.4 is 22.2 Å². The summed E-state index contributed by atoms with van der Waals surface area (Å²) in [4.78, 5) is 34.4. The lowest BCUT2D eigenvalue weighted by molar-refractivity contribution is -0.117. The largest absolute Gasteiger partial charge is 0.399 e. The number of nitrogens with two attached hydrogens (primary N) is 1. The molecule has 1 amide bonds. The van der Waals surface area contributed by atoms with E-state index < -0.39 is 17.0 Å². The van der Waals surface area contributed by atoms with E-state index in [0.29, 0.717) is 15.8 Å². The first-order chi connectivity index (χ1) is 9.45. The maximum atomic E-state index is 11.8. The van der Waals surface area contributed by atoms with Crippen molar-refractivity contribution in [3.8, 4) is 0 Å². The first-order valence-corrected chi connectivity index (χ1v) is 6.40. The second kappa shape index (κ2) is 5.74. The third-order valence-corrected chi connectivity index (χ3v) is 3.11. The Labute approximate surface area is 121 Å².